The lowest BCUT2D eigenvalue weighted by atomic mass is 10.1. The van der Waals surface area contributed by atoms with Gasteiger partial charge < -0.3 is 14.8 Å². The number of nitrogens with zero attached hydrogens (tertiary/aromatic N) is 2. The standard InChI is InChI=1S/C22H23FN4O5S/c1-4-26-21(30)18(12-19(28)24-15-7-5-14(23)6-8-15)27(22(26)33)25-20(29)13-9-16(31-2)11-17(10-13)32-3/h5-11,18H,4,12H2,1-3H3,(H,24,28)(H,25,29)/t18-/m1/s1. The summed E-state index contributed by atoms with van der Waals surface area (Å²) in [6.45, 7) is 2.01. The first-order chi connectivity index (χ1) is 15.8. The van der Waals surface area contributed by atoms with Crippen molar-refractivity contribution in [1.29, 1.82) is 0 Å². The predicted octanol–water partition coefficient (Wildman–Crippen LogP) is 2.33. The van der Waals surface area contributed by atoms with Gasteiger partial charge in [0.2, 0.25) is 5.91 Å². The SMILES string of the molecule is CCN1C(=O)[C@@H](CC(=O)Nc2ccc(F)cc2)N(NC(=O)c2cc(OC)cc(OC)c2)C1=S. The zero-order valence-corrected chi connectivity index (χ0v) is 19.1. The highest BCUT2D eigenvalue weighted by Crippen LogP contribution is 2.24. The molecule has 0 unspecified atom stereocenters. The van der Waals surface area contributed by atoms with Crippen molar-refractivity contribution >= 4 is 40.7 Å². The number of ether oxygens (including phenoxy) is 2. The summed E-state index contributed by atoms with van der Waals surface area (Å²) in [4.78, 5) is 39.7. The zero-order valence-electron chi connectivity index (χ0n) is 18.3. The van der Waals surface area contributed by atoms with Gasteiger partial charge >= 0.3 is 0 Å². The molecular weight excluding hydrogens is 451 g/mol. The number of benzene rings is 2. The van der Waals surface area contributed by atoms with Crippen molar-refractivity contribution in [2.75, 3.05) is 26.1 Å². The number of hydrazine groups is 1. The fraction of sp³-hybridized carbons (Fsp3) is 0.273. The third-order valence-corrected chi connectivity index (χ3v) is 5.38. The van der Waals surface area contributed by atoms with E-state index in [1.807, 2.05) is 0 Å². The molecule has 1 heterocycles. The van der Waals surface area contributed by atoms with E-state index >= 15 is 0 Å². The van der Waals surface area contributed by atoms with E-state index in [0.717, 1.165) is 0 Å². The van der Waals surface area contributed by atoms with Gasteiger partial charge in [-0.1, -0.05) is 0 Å². The van der Waals surface area contributed by atoms with Crippen LogP contribution in [0.25, 0.3) is 0 Å². The Balaban J connectivity index is 1.79. The minimum atomic E-state index is -1.05. The number of nitrogens with one attached hydrogen (secondary N) is 2. The van der Waals surface area contributed by atoms with Crippen LogP contribution in [0.3, 0.4) is 0 Å². The van der Waals surface area contributed by atoms with Crippen LogP contribution in [-0.2, 0) is 9.59 Å². The predicted molar refractivity (Wildman–Crippen MR) is 122 cm³/mol. The van der Waals surface area contributed by atoms with Gasteiger partial charge in [-0.05, 0) is 55.5 Å². The molecule has 3 rings (SSSR count). The molecule has 1 atom stereocenters. The molecule has 1 aliphatic rings. The van der Waals surface area contributed by atoms with Crippen molar-refractivity contribution in [2.24, 2.45) is 0 Å². The first-order valence-electron chi connectivity index (χ1n) is 10.0. The molecule has 0 aromatic heterocycles. The van der Waals surface area contributed by atoms with Gasteiger partial charge in [0.25, 0.3) is 11.8 Å². The normalized spacial score (nSPS) is 15.5. The fourth-order valence-corrected chi connectivity index (χ4v) is 3.67. The smallest absolute Gasteiger partial charge is 0.270 e. The van der Waals surface area contributed by atoms with Crippen molar-refractivity contribution in [2.45, 2.75) is 19.4 Å². The molecule has 0 spiro atoms. The van der Waals surface area contributed by atoms with Gasteiger partial charge in [0.05, 0.1) is 20.6 Å². The topological polar surface area (TPSA) is 100 Å². The van der Waals surface area contributed by atoms with E-state index < -0.39 is 29.6 Å². The van der Waals surface area contributed by atoms with Gasteiger partial charge in [-0.25, -0.2) is 9.40 Å². The number of carbonyl (C=O) groups excluding carboxylic acids is 3. The number of amides is 3. The number of likely N-dealkylation sites (N-methyl/N-ethyl adjacent to an activating group) is 1. The van der Waals surface area contributed by atoms with Crippen LogP contribution in [0.4, 0.5) is 10.1 Å². The van der Waals surface area contributed by atoms with Crippen molar-refractivity contribution in [3.8, 4) is 11.5 Å². The third-order valence-electron chi connectivity index (χ3n) is 4.96. The lowest BCUT2D eigenvalue weighted by Crippen LogP contribution is -2.49. The van der Waals surface area contributed by atoms with Crippen molar-refractivity contribution in [3.63, 3.8) is 0 Å². The van der Waals surface area contributed by atoms with E-state index in [1.54, 1.807) is 13.0 Å². The zero-order chi connectivity index (χ0) is 24.1. The van der Waals surface area contributed by atoms with Gasteiger partial charge in [-0.3, -0.25) is 24.7 Å². The van der Waals surface area contributed by atoms with Gasteiger partial charge in [-0.15, -0.1) is 0 Å². The maximum Gasteiger partial charge on any atom is 0.270 e. The van der Waals surface area contributed by atoms with Gasteiger partial charge in [0, 0.05) is 23.9 Å². The summed E-state index contributed by atoms with van der Waals surface area (Å²) in [5.41, 5.74) is 3.21. The minimum Gasteiger partial charge on any atom is -0.497 e. The average molecular weight is 475 g/mol. The number of methoxy groups -OCH3 is 2. The Morgan fingerprint density at radius 1 is 1.09 bits per heavy atom. The Morgan fingerprint density at radius 3 is 2.24 bits per heavy atom. The molecule has 2 aromatic rings. The molecule has 0 saturated carbocycles. The molecule has 33 heavy (non-hydrogen) atoms. The molecular formula is C22H23FN4O5S. The highest BCUT2D eigenvalue weighted by molar-refractivity contribution is 7.80. The fourth-order valence-electron chi connectivity index (χ4n) is 3.28. The van der Waals surface area contributed by atoms with Crippen molar-refractivity contribution < 1.29 is 28.2 Å². The van der Waals surface area contributed by atoms with Crippen LogP contribution in [0.5, 0.6) is 11.5 Å². The third kappa shape index (κ3) is 5.37. The number of carbonyl (C=O) groups is 3. The van der Waals surface area contributed by atoms with E-state index in [9.17, 15) is 18.8 Å². The van der Waals surface area contributed by atoms with Crippen LogP contribution in [0.15, 0.2) is 42.5 Å². The van der Waals surface area contributed by atoms with Crippen LogP contribution in [0, 0.1) is 5.82 Å². The lowest BCUT2D eigenvalue weighted by molar-refractivity contribution is -0.130. The Morgan fingerprint density at radius 2 is 1.70 bits per heavy atom. The molecule has 9 nitrogen and oxygen atoms in total. The van der Waals surface area contributed by atoms with E-state index in [1.165, 1.54) is 60.5 Å². The molecule has 1 aliphatic heterocycles. The minimum absolute atomic E-state index is 0.0743. The van der Waals surface area contributed by atoms with Gasteiger partial charge in [0.1, 0.15) is 23.4 Å². The van der Waals surface area contributed by atoms with Gasteiger partial charge in [0.15, 0.2) is 5.11 Å². The quantitative estimate of drug-likeness (QED) is 0.567. The lowest BCUT2D eigenvalue weighted by Gasteiger charge is -2.24. The van der Waals surface area contributed by atoms with Crippen LogP contribution < -0.4 is 20.2 Å². The van der Waals surface area contributed by atoms with Gasteiger partial charge in [-0.2, -0.15) is 0 Å². The summed E-state index contributed by atoms with van der Waals surface area (Å²) >= 11 is 5.37. The molecule has 2 aromatic carbocycles. The Hall–Kier alpha value is -3.73. The molecule has 11 heteroatoms. The summed E-state index contributed by atoms with van der Waals surface area (Å²) in [7, 11) is 2.92. The molecule has 1 saturated heterocycles. The number of anilines is 1. The van der Waals surface area contributed by atoms with Crippen molar-refractivity contribution in [1.82, 2.24) is 15.3 Å². The van der Waals surface area contributed by atoms with Crippen LogP contribution in [0.1, 0.15) is 23.7 Å². The Kier molecular flexibility index (Phi) is 7.44. The molecule has 1 fully saturated rings. The number of hydrogen-bond donors (Lipinski definition) is 2. The Bertz CT molecular complexity index is 1060. The number of hydrogen-bond acceptors (Lipinski definition) is 6. The molecule has 0 bridgehead atoms. The summed E-state index contributed by atoms with van der Waals surface area (Å²) < 4.78 is 23.5. The maximum absolute atomic E-state index is 13.1. The second-order valence-corrected chi connectivity index (χ2v) is 7.42. The second kappa shape index (κ2) is 10.3. The van der Waals surface area contributed by atoms with Crippen LogP contribution in [-0.4, -0.2) is 59.5 Å². The summed E-state index contributed by atoms with van der Waals surface area (Å²) in [5, 5.41) is 3.89. The molecule has 0 aliphatic carbocycles. The summed E-state index contributed by atoms with van der Waals surface area (Å²) in [6, 6.07) is 8.80. The van der Waals surface area contributed by atoms with E-state index in [2.05, 4.69) is 10.7 Å². The van der Waals surface area contributed by atoms with Crippen LogP contribution in [0.2, 0.25) is 0 Å². The summed E-state index contributed by atoms with van der Waals surface area (Å²) in [6.07, 6.45) is -0.283. The first-order valence-corrected chi connectivity index (χ1v) is 10.4. The summed E-state index contributed by atoms with van der Waals surface area (Å²) in [5.74, 6) is -1.10. The van der Waals surface area contributed by atoms with E-state index in [-0.39, 0.29) is 23.6 Å². The second-order valence-electron chi connectivity index (χ2n) is 7.05. The number of rotatable bonds is 8. The van der Waals surface area contributed by atoms with E-state index in [4.69, 9.17) is 21.7 Å². The number of thiocarbonyl (C=S) groups is 1. The molecule has 2 N–H and O–H groups in total. The first kappa shape index (κ1) is 23.9. The maximum atomic E-state index is 13.1. The van der Waals surface area contributed by atoms with E-state index in [0.29, 0.717) is 17.2 Å². The monoisotopic (exact) mass is 474 g/mol. The largest absolute Gasteiger partial charge is 0.497 e. The average Bonchev–Trinajstić information content (AvgIpc) is 3.03. The highest BCUT2D eigenvalue weighted by atomic mass is 32.1. The highest BCUT2D eigenvalue weighted by Gasteiger charge is 2.44. The molecule has 174 valence electrons. The Labute approximate surface area is 195 Å². The van der Waals surface area contributed by atoms with Crippen molar-refractivity contribution in [3.05, 3.63) is 53.8 Å². The number of halogens is 1. The molecule has 0 radical (unpaired) electrons. The molecule has 3 amide bonds. The van der Waals surface area contributed by atoms with Crippen LogP contribution >= 0.6 is 12.2 Å².